The van der Waals surface area contributed by atoms with Crippen molar-refractivity contribution < 1.29 is 9.47 Å². The number of halogens is 1. The lowest BCUT2D eigenvalue weighted by Crippen LogP contribution is -2.40. The van der Waals surface area contributed by atoms with Crippen LogP contribution in [0, 0.1) is 0 Å². The van der Waals surface area contributed by atoms with Crippen molar-refractivity contribution in [1.29, 1.82) is 0 Å². The molecule has 0 aliphatic carbocycles. The highest BCUT2D eigenvalue weighted by Gasteiger charge is 2.23. The summed E-state index contributed by atoms with van der Waals surface area (Å²) in [5.74, 6) is 1.08. The molecular weight excluding hydrogens is 306 g/mol. The second-order valence-electron chi connectivity index (χ2n) is 4.93. The van der Waals surface area contributed by atoms with Gasteiger partial charge in [0, 0.05) is 24.0 Å². The quantitative estimate of drug-likeness (QED) is 0.871. The van der Waals surface area contributed by atoms with Crippen LogP contribution in [0.2, 0.25) is 0 Å². The van der Waals surface area contributed by atoms with Gasteiger partial charge in [-0.3, -0.25) is 0 Å². The fourth-order valence-corrected chi connectivity index (χ4v) is 3.32. The third-order valence-electron chi connectivity index (χ3n) is 3.79. The number of likely N-dealkylation sites (N-methyl/N-ethyl adjacent to an activating group) is 1. The Balaban J connectivity index is 2.22. The summed E-state index contributed by atoms with van der Waals surface area (Å²) >= 11 is 3.59. The summed E-state index contributed by atoms with van der Waals surface area (Å²) in [6.07, 6.45) is 3.15. The molecule has 4 heteroatoms. The minimum atomic E-state index is 0.223. The molecule has 1 N–H and O–H groups in total. The first-order valence-corrected chi connectivity index (χ1v) is 7.63. The maximum absolute atomic E-state index is 5.79. The molecule has 0 saturated carbocycles. The fraction of sp³-hybridized carbons (Fsp3) is 0.600. The Hall–Kier alpha value is -0.580. The highest BCUT2D eigenvalue weighted by molar-refractivity contribution is 9.10. The van der Waals surface area contributed by atoms with E-state index < -0.39 is 0 Å². The van der Waals surface area contributed by atoms with Crippen LogP contribution in [0.1, 0.15) is 24.5 Å². The SMILES string of the molecule is CCC(OC)C(Cc1cc(Br)cc2c1OCC2)NC. The molecule has 0 amide bonds. The summed E-state index contributed by atoms with van der Waals surface area (Å²) < 4.78 is 12.5. The van der Waals surface area contributed by atoms with Crippen LogP contribution in [0.4, 0.5) is 0 Å². The molecule has 1 aromatic carbocycles. The molecule has 0 saturated heterocycles. The first-order chi connectivity index (χ1) is 9.19. The minimum absolute atomic E-state index is 0.223. The Morgan fingerprint density at radius 3 is 2.89 bits per heavy atom. The molecule has 0 spiro atoms. The number of hydrogen-bond acceptors (Lipinski definition) is 3. The van der Waals surface area contributed by atoms with E-state index in [1.54, 1.807) is 7.11 Å². The van der Waals surface area contributed by atoms with Crippen molar-refractivity contribution in [3.63, 3.8) is 0 Å². The molecule has 2 atom stereocenters. The highest BCUT2D eigenvalue weighted by atomic mass is 79.9. The number of nitrogens with one attached hydrogen (secondary N) is 1. The number of fused-ring (bicyclic) bond motifs is 1. The molecule has 1 heterocycles. The van der Waals surface area contributed by atoms with Crippen LogP contribution < -0.4 is 10.1 Å². The van der Waals surface area contributed by atoms with E-state index in [1.165, 1.54) is 11.1 Å². The van der Waals surface area contributed by atoms with Crippen LogP contribution in [0.25, 0.3) is 0 Å². The van der Waals surface area contributed by atoms with Gasteiger partial charge in [0.15, 0.2) is 0 Å². The molecule has 106 valence electrons. The summed E-state index contributed by atoms with van der Waals surface area (Å²) in [6, 6.07) is 4.63. The van der Waals surface area contributed by atoms with Gasteiger partial charge in [-0.2, -0.15) is 0 Å². The van der Waals surface area contributed by atoms with Crippen LogP contribution in [0.5, 0.6) is 5.75 Å². The monoisotopic (exact) mass is 327 g/mol. The smallest absolute Gasteiger partial charge is 0.125 e. The van der Waals surface area contributed by atoms with Gasteiger partial charge in [-0.05, 0) is 43.1 Å². The molecular formula is C15H22BrNO2. The maximum atomic E-state index is 5.79. The van der Waals surface area contributed by atoms with Gasteiger partial charge in [-0.15, -0.1) is 0 Å². The van der Waals surface area contributed by atoms with Gasteiger partial charge in [-0.25, -0.2) is 0 Å². The summed E-state index contributed by atoms with van der Waals surface area (Å²) in [5.41, 5.74) is 2.57. The van der Waals surface area contributed by atoms with Crippen molar-refractivity contribution >= 4 is 15.9 Å². The van der Waals surface area contributed by atoms with E-state index in [0.29, 0.717) is 6.04 Å². The van der Waals surface area contributed by atoms with E-state index in [0.717, 1.165) is 36.1 Å². The van der Waals surface area contributed by atoms with Crippen molar-refractivity contribution in [1.82, 2.24) is 5.32 Å². The first kappa shape index (κ1) is 14.8. The second-order valence-corrected chi connectivity index (χ2v) is 5.85. The van der Waals surface area contributed by atoms with E-state index >= 15 is 0 Å². The van der Waals surface area contributed by atoms with E-state index in [1.807, 2.05) is 7.05 Å². The Bertz CT molecular complexity index is 432. The van der Waals surface area contributed by atoms with Crippen LogP contribution >= 0.6 is 15.9 Å². The van der Waals surface area contributed by atoms with Crippen molar-refractivity contribution in [3.8, 4) is 5.75 Å². The maximum Gasteiger partial charge on any atom is 0.125 e. The molecule has 0 fully saturated rings. The lowest BCUT2D eigenvalue weighted by Gasteiger charge is -2.25. The highest BCUT2D eigenvalue weighted by Crippen LogP contribution is 2.34. The zero-order valence-electron chi connectivity index (χ0n) is 11.8. The van der Waals surface area contributed by atoms with E-state index in [4.69, 9.17) is 9.47 Å². The molecule has 0 bridgehead atoms. The lowest BCUT2D eigenvalue weighted by atomic mass is 9.97. The van der Waals surface area contributed by atoms with E-state index in [-0.39, 0.29) is 6.10 Å². The first-order valence-electron chi connectivity index (χ1n) is 6.83. The van der Waals surface area contributed by atoms with Gasteiger partial charge in [0.05, 0.1) is 12.7 Å². The van der Waals surface area contributed by atoms with Crippen molar-refractivity contribution in [2.45, 2.75) is 38.3 Å². The molecule has 1 aliphatic rings. The van der Waals surface area contributed by atoms with Crippen LogP contribution in [-0.2, 0) is 17.6 Å². The van der Waals surface area contributed by atoms with Crippen molar-refractivity contribution in [2.75, 3.05) is 20.8 Å². The standard InChI is InChI=1S/C15H22BrNO2/c1-4-14(18-3)13(17-2)9-11-8-12(16)7-10-5-6-19-15(10)11/h7-8,13-14,17H,4-6,9H2,1-3H3. The molecule has 1 aromatic rings. The van der Waals surface area contributed by atoms with Crippen molar-refractivity contribution in [2.24, 2.45) is 0 Å². The number of rotatable bonds is 6. The average Bonchev–Trinajstić information content (AvgIpc) is 2.86. The summed E-state index contributed by atoms with van der Waals surface area (Å²) in [4.78, 5) is 0. The van der Waals surface area contributed by atoms with E-state index in [9.17, 15) is 0 Å². The number of ether oxygens (including phenoxy) is 2. The third kappa shape index (κ3) is 3.30. The topological polar surface area (TPSA) is 30.5 Å². The second kappa shape index (κ2) is 6.73. The molecule has 2 rings (SSSR count). The molecule has 0 aromatic heterocycles. The number of benzene rings is 1. The number of hydrogen-bond donors (Lipinski definition) is 1. The molecule has 1 aliphatic heterocycles. The van der Waals surface area contributed by atoms with Gasteiger partial charge in [0.25, 0.3) is 0 Å². The fourth-order valence-electron chi connectivity index (χ4n) is 2.77. The summed E-state index contributed by atoms with van der Waals surface area (Å²) in [6.45, 7) is 2.95. The predicted molar refractivity (Wildman–Crippen MR) is 81.0 cm³/mol. The number of methoxy groups -OCH3 is 1. The summed E-state index contributed by atoms with van der Waals surface area (Å²) in [7, 11) is 3.77. The largest absolute Gasteiger partial charge is 0.493 e. The van der Waals surface area contributed by atoms with Crippen LogP contribution in [-0.4, -0.2) is 32.9 Å². The third-order valence-corrected chi connectivity index (χ3v) is 4.25. The normalized spacial score (nSPS) is 16.8. The Labute approximate surface area is 123 Å². The predicted octanol–water partition coefficient (Wildman–Crippen LogP) is 2.94. The minimum Gasteiger partial charge on any atom is -0.493 e. The summed E-state index contributed by atoms with van der Waals surface area (Å²) in [5, 5.41) is 3.37. The Kier molecular flexibility index (Phi) is 5.25. The molecule has 3 nitrogen and oxygen atoms in total. The molecule has 2 unspecified atom stereocenters. The van der Waals surface area contributed by atoms with Gasteiger partial charge in [0.2, 0.25) is 0 Å². The van der Waals surface area contributed by atoms with Crippen LogP contribution in [0.3, 0.4) is 0 Å². The Morgan fingerprint density at radius 1 is 1.47 bits per heavy atom. The zero-order chi connectivity index (χ0) is 13.8. The molecule has 0 radical (unpaired) electrons. The molecule has 19 heavy (non-hydrogen) atoms. The lowest BCUT2D eigenvalue weighted by molar-refractivity contribution is 0.0676. The van der Waals surface area contributed by atoms with E-state index in [2.05, 4.69) is 40.3 Å². The van der Waals surface area contributed by atoms with Crippen molar-refractivity contribution in [3.05, 3.63) is 27.7 Å². The van der Waals surface area contributed by atoms with Gasteiger partial charge in [-0.1, -0.05) is 22.9 Å². The Morgan fingerprint density at radius 2 is 2.26 bits per heavy atom. The van der Waals surface area contributed by atoms with Crippen LogP contribution in [0.15, 0.2) is 16.6 Å². The average molecular weight is 328 g/mol. The van der Waals surface area contributed by atoms with Gasteiger partial charge in [0.1, 0.15) is 5.75 Å². The zero-order valence-corrected chi connectivity index (χ0v) is 13.4. The van der Waals surface area contributed by atoms with Gasteiger partial charge < -0.3 is 14.8 Å². The van der Waals surface area contributed by atoms with Gasteiger partial charge >= 0.3 is 0 Å².